The Balaban J connectivity index is -0.000000656. The first-order valence-electron chi connectivity index (χ1n) is 7.07. The van der Waals surface area contributed by atoms with Crippen molar-refractivity contribution < 1.29 is 19.1 Å². The maximum atomic E-state index is 11.2. The molecule has 0 aromatic rings. The molecule has 118 valence electrons. The second-order valence-corrected chi connectivity index (χ2v) is 3.20. The Morgan fingerprint density at radius 2 is 1.65 bits per heavy atom. The van der Waals surface area contributed by atoms with Crippen LogP contribution in [0.3, 0.4) is 0 Å². The van der Waals surface area contributed by atoms with E-state index < -0.39 is 0 Å². The molecule has 20 heavy (non-hydrogen) atoms. The summed E-state index contributed by atoms with van der Waals surface area (Å²) in [5.74, 6) is -0.315. The Labute approximate surface area is 123 Å². The third-order valence-corrected chi connectivity index (χ3v) is 1.79. The number of allylic oxidation sites excluding steroid dienone is 1. The standard InChI is InChI=1S/C11H17NO4.2C2H6/c1-3-4-11(15)12(9-13)6-8-16-7-5-10(2)14;2*1-2/h3-4,9H,5-8H2,1-2H3;2*1-2H3/b4-3-;;. The zero-order valence-corrected chi connectivity index (χ0v) is 13.6. The number of carbonyl (C=O) groups excluding carboxylic acids is 3. The lowest BCUT2D eigenvalue weighted by Gasteiger charge is -2.12. The molecule has 0 aliphatic carbocycles. The van der Waals surface area contributed by atoms with Gasteiger partial charge in [-0.3, -0.25) is 19.3 Å². The first-order chi connectivity index (χ1) is 9.61. The van der Waals surface area contributed by atoms with Crippen molar-refractivity contribution in [2.45, 2.75) is 48.0 Å². The molecule has 0 atom stereocenters. The van der Waals surface area contributed by atoms with Gasteiger partial charge < -0.3 is 4.74 Å². The fraction of sp³-hybridized carbons (Fsp3) is 0.667. The van der Waals surface area contributed by atoms with Crippen LogP contribution in [0, 0.1) is 0 Å². The molecule has 0 aliphatic rings. The van der Waals surface area contributed by atoms with E-state index in [1.54, 1.807) is 13.0 Å². The third-order valence-electron chi connectivity index (χ3n) is 1.79. The minimum absolute atomic E-state index is 0.0530. The molecular weight excluding hydrogens is 258 g/mol. The number of nitrogens with zero attached hydrogens (tertiary/aromatic N) is 1. The molecule has 0 aromatic heterocycles. The van der Waals surface area contributed by atoms with Gasteiger partial charge in [-0.05, 0) is 19.9 Å². The summed E-state index contributed by atoms with van der Waals surface area (Å²) in [7, 11) is 0. The summed E-state index contributed by atoms with van der Waals surface area (Å²) in [5, 5.41) is 0. The van der Waals surface area contributed by atoms with Gasteiger partial charge >= 0.3 is 0 Å². The number of imide groups is 1. The minimum Gasteiger partial charge on any atom is -0.379 e. The van der Waals surface area contributed by atoms with Gasteiger partial charge in [0.05, 0.1) is 19.8 Å². The lowest BCUT2D eigenvalue weighted by atomic mass is 10.3. The first-order valence-corrected chi connectivity index (χ1v) is 7.07. The van der Waals surface area contributed by atoms with Crippen molar-refractivity contribution in [3.05, 3.63) is 12.2 Å². The third kappa shape index (κ3) is 16.5. The van der Waals surface area contributed by atoms with Crippen LogP contribution >= 0.6 is 0 Å². The second kappa shape index (κ2) is 19.8. The summed E-state index contributed by atoms with van der Waals surface area (Å²) in [4.78, 5) is 33.4. The van der Waals surface area contributed by atoms with Crippen LogP contribution in [0.1, 0.15) is 48.0 Å². The Bertz CT molecular complexity index is 275. The highest BCUT2D eigenvalue weighted by molar-refractivity contribution is 5.94. The Kier molecular flexibility index (Phi) is 23.4. The fourth-order valence-electron chi connectivity index (χ4n) is 0.934. The zero-order chi connectivity index (χ0) is 16.4. The number of hydrogen-bond donors (Lipinski definition) is 0. The van der Waals surface area contributed by atoms with E-state index in [4.69, 9.17) is 4.74 Å². The van der Waals surface area contributed by atoms with Crippen LogP contribution < -0.4 is 0 Å². The van der Waals surface area contributed by atoms with E-state index in [1.165, 1.54) is 13.0 Å². The summed E-state index contributed by atoms with van der Waals surface area (Å²) < 4.78 is 5.11. The van der Waals surface area contributed by atoms with Gasteiger partial charge in [0.15, 0.2) is 0 Å². The van der Waals surface area contributed by atoms with Crippen LogP contribution in [0.5, 0.6) is 0 Å². The van der Waals surface area contributed by atoms with Gasteiger partial charge in [0.25, 0.3) is 5.91 Å². The average Bonchev–Trinajstić information content (AvgIpc) is 2.47. The number of Topliss-reactive ketones (excluding diaryl/α,β-unsaturated/α-hetero) is 1. The molecule has 0 spiro atoms. The van der Waals surface area contributed by atoms with Crippen LogP contribution in [0.2, 0.25) is 0 Å². The van der Waals surface area contributed by atoms with E-state index in [0.717, 1.165) is 4.90 Å². The second-order valence-electron chi connectivity index (χ2n) is 3.20. The van der Waals surface area contributed by atoms with Gasteiger partial charge in [0.1, 0.15) is 5.78 Å². The number of hydrogen-bond acceptors (Lipinski definition) is 4. The normalized spacial score (nSPS) is 8.90. The molecule has 0 aromatic carbocycles. The number of carbonyl (C=O) groups is 3. The number of ether oxygens (including phenoxy) is 1. The van der Waals surface area contributed by atoms with Crippen molar-refractivity contribution in [2.75, 3.05) is 19.8 Å². The Hall–Kier alpha value is -1.49. The van der Waals surface area contributed by atoms with E-state index in [9.17, 15) is 14.4 Å². The van der Waals surface area contributed by atoms with Crippen molar-refractivity contribution in [3.8, 4) is 0 Å². The van der Waals surface area contributed by atoms with Gasteiger partial charge in [0, 0.05) is 6.42 Å². The molecule has 0 fully saturated rings. The van der Waals surface area contributed by atoms with E-state index in [0.29, 0.717) is 19.4 Å². The van der Waals surface area contributed by atoms with E-state index in [2.05, 4.69) is 0 Å². The fourth-order valence-corrected chi connectivity index (χ4v) is 0.934. The van der Waals surface area contributed by atoms with Gasteiger partial charge in [-0.1, -0.05) is 33.8 Å². The Morgan fingerprint density at radius 3 is 2.05 bits per heavy atom. The van der Waals surface area contributed by atoms with E-state index in [1.807, 2.05) is 27.7 Å². The summed E-state index contributed by atoms with van der Waals surface area (Å²) in [5.41, 5.74) is 0. The molecule has 0 saturated carbocycles. The smallest absolute Gasteiger partial charge is 0.252 e. The molecule has 5 heteroatoms. The van der Waals surface area contributed by atoms with Gasteiger partial charge in [-0.25, -0.2) is 0 Å². The summed E-state index contributed by atoms with van der Waals surface area (Å²) in [6.45, 7) is 11.9. The molecule has 0 radical (unpaired) electrons. The topological polar surface area (TPSA) is 63.7 Å². The van der Waals surface area contributed by atoms with Crippen LogP contribution in [0.25, 0.3) is 0 Å². The van der Waals surface area contributed by atoms with Crippen LogP contribution in [0.4, 0.5) is 0 Å². The maximum Gasteiger partial charge on any atom is 0.252 e. The van der Waals surface area contributed by atoms with Gasteiger partial charge in [-0.2, -0.15) is 0 Å². The number of ketones is 1. The molecule has 0 N–H and O–H groups in total. The molecule has 0 bridgehead atoms. The predicted octanol–water partition coefficient (Wildman–Crippen LogP) is 2.60. The molecule has 2 amide bonds. The maximum absolute atomic E-state index is 11.2. The minimum atomic E-state index is -0.368. The molecule has 0 unspecified atom stereocenters. The van der Waals surface area contributed by atoms with Crippen molar-refractivity contribution in [2.24, 2.45) is 0 Å². The molecule has 0 saturated heterocycles. The average molecular weight is 287 g/mol. The highest BCUT2D eigenvalue weighted by atomic mass is 16.5. The lowest BCUT2D eigenvalue weighted by molar-refractivity contribution is -0.135. The summed E-state index contributed by atoms with van der Waals surface area (Å²) in [6, 6.07) is 0. The van der Waals surface area contributed by atoms with Crippen LogP contribution in [0.15, 0.2) is 12.2 Å². The monoisotopic (exact) mass is 287 g/mol. The SMILES string of the molecule is C/C=C\C(=O)N(C=O)CCOCCC(C)=O.CC.CC. The molecule has 0 aliphatic heterocycles. The van der Waals surface area contributed by atoms with Crippen molar-refractivity contribution >= 4 is 18.1 Å². The lowest BCUT2D eigenvalue weighted by Crippen LogP contribution is -2.31. The molecule has 5 nitrogen and oxygen atoms in total. The van der Waals surface area contributed by atoms with Gasteiger partial charge in [0.2, 0.25) is 6.41 Å². The predicted molar refractivity (Wildman–Crippen MR) is 81.4 cm³/mol. The first kappa shape index (κ1) is 23.6. The van der Waals surface area contributed by atoms with E-state index >= 15 is 0 Å². The summed E-state index contributed by atoms with van der Waals surface area (Å²) >= 11 is 0. The number of amides is 2. The van der Waals surface area contributed by atoms with Crippen LogP contribution in [-0.4, -0.2) is 42.8 Å². The number of rotatable bonds is 8. The van der Waals surface area contributed by atoms with E-state index in [-0.39, 0.29) is 24.8 Å². The highest BCUT2D eigenvalue weighted by Crippen LogP contribution is 1.90. The zero-order valence-electron chi connectivity index (χ0n) is 13.6. The Morgan fingerprint density at radius 1 is 1.10 bits per heavy atom. The molecule has 0 rings (SSSR count). The highest BCUT2D eigenvalue weighted by Gasteiger charge is 2.08. The quantitative estimate of drug-likeness (QED) is 0.391. The molecule has 0 heterocycles. The largest absolute Gasteiger partial charge is 0.379 e. The summed E-state index contributed by atoms with van der Waals surface area (Å²) in [6.07, 6.45) is 3.69. The van der Waals surface area contributed by atoms with Crippen LogP contribution in [-0.2, 0) is 19.1 Å². The van der Waals surface area contributed by atoms with Crippen molar-refractivity contribution in [1.82, 2.24) is 4.90 Å². The molecular formula is C15H29NO4. The van der Waals surface area contributed by atoms with Crippen molar-refractivity contribution in [1.29, 1.82) is 0 Å². The van der Waals surface area contributed by atoms with Gasteiger partial charge in [-0.15, -0.1) is 0 Å². The van der Waals surface area contributed by atoms with Crippen molar-refractivity contribution in [3.63, 3.8) is 0 Å².